The van der Waals surface area contributed by atoms with Crippen molar-refractivity contribution in [3.63, 3.8) is 0 Å². The summed E-state index contributed by atoms with van der Waals surface area (Å²) in [6.45, 7) is 12.0. The zero-order chi connectivity index (χ0) is 23.8. The van der Waals surface area contributed by atoms with Gasteiger partial charge in [0.15, 0.2) is 0 Å². The summed E-state index contributed by atoms with van der Waals surface area (Å²) < 4.78 is 38.3. The highest BCUT2D eigenvalue weighted by Crippen LogP contribution is 2.37. The van der Waals surface area contributed by atoms with Gasteiger partial charge in [0, 0.05) is 17.9 Å². The van der Waals surface area contributed by atoms with E-state index in [0.29, 0.717) is 12.3 Å². The van der Waals surface area contributed by atoms with Gasteiger partial charge in [0.05, 0.1) is 5.56 Å². The van der Waals surface area contributed by atoms with Gasteiger partial charge in [-0.1, -0.05) is 26.0 Å². The molecule has 0 saturated carbocycles. The van der Waals surface area contributed by atoms with E-state index in [-0.39, 0.29) is 23.8 Å². The van der Waals surface area contributed by atoms with Crippen LogP contribution in [0.25, 0.3) is 0 Å². The smallest absolute Gasteiger partial charge is 0.416 e. The lowest BCUT2D eigenvalue weighted by atomic mass is 9.84. The number of carboxylic acid groups (broad SMARTS) is 1. The lowest BCUT2D eigenvalue weighted by Crippen LogP contribution is -2.38. The molecule has 0 aromatic heterocycles. The first-order chi connectivity index (χ1) is 14.2. The fourth-order valence-corrected chi connectivity index (χ4v) is 3.45. The minimum atomic E-state index is -4.34. The third-order valence-corrected chi connectivity index (χ3v) is 5.33. The van der Waals surface area contributed by atoms with Crippen LogP contribution in [0, 0.1) is 29.6 Å². The summed E-state index contributed by atoms with van der Waals surface area (Å²) in [6.07, 6.45) is 3.35. The van der Waals surface area contributed by atoms with Crippen LogP contribution in [0.15, 0.2) is 24.3 Å². The van der Waals surface area contributed by atoms with E-state index < -0.39 is 17.7 Å². The molecule has 1 aromatic rings. The highest BCUT2D eigenvalue weighted by Gasteiger charge is 2.33. The summed E-state index contributed by atoms with van der Waals surface area (Å²) in [5.74, 6) is 2.41. The number of aliphatic carboxylic acids is 1. The zero-order valence-corrected chi connectivity index (χ0v) is 19.3. The summed E-state index contributed by atoms with van der Waals surface area (Å²) in [7, 11) is 0. The predicted molar refractivity (Wildman–Crippen MR) is 118 cm³/mol. The monoisotopic (exact) mass is 439 g/mol. The minimum Gasteiger partial charge on any atom is -0.481 e. The molecule has 0 bridgehead atoms. The molecule has 3 nitrogen and oxygen atoms in total. The van der Waals surface area contributed by atoms with Gasteiger partial charge in [-0.15, -0.1) is 12.3 Å². The number of carboxylic acids is 1. The molecule has 1 aliphatic rings. The molecule has 1 heterocycles. The van der Waals surface area contributed by atoms with Gasteiger partial charge in [0.25, 0.3) is 0 Å². The molecular weight excluding hydrogens is 403 g/mol. The van der Waals surface area contributed by atoms with Crippen LogP contribution in [0.2, 0.25) is 0 Å². The molecule has 0 amide bonds. The van der Waals surface area contributed by atoms with Crippen LogP contribution >= 0.6 is 0 Å². The Morgan fingerprint density at radius 1 is 1.23 bits per heavy atom. The Morgan fingerprint density at radius 2 is 1.77 bits per heavy atom. The zero-order valence-electron chi connectivity index (χ0n) is 19.3. The van der Waals surface area contributed by atoms with E-state index in [2.05, 4.69) is 24.7 Å². The molecule has 0 unspecified atom stereocenters. The van der Waals surface area contributed by atoms with Crippen LogP contribution in [0.3, 0.4) is 0 Å². The number of carbonyl (C=O) groups is 1. The van der Waals surface area contributed by atoms with Gasteiger partial charge in [-0.2, -0.15) is 13.2 Å². The minimum absolute atomic E-state index is 0.0147. The molecule has 174 valence electrons. The average molecular weight is 440 g/mol. The number of halogens is 3. The second-order valence-electron chi connectivity index (χ2n) is 9.74. The Kier molecular flexibility index (Phi) is 10.1. The molecule has 6 heteroatoms. The molecule has 1 N–H and O–H groups in total. The summed E-state index contributed by atoms with van der Waals surface area (Å²) >= 11 is 0. The van der Waals surface area contributed by atoms with E-state index in [0.717, 1.165) is 43.6 Å². The molecule has 0 aliphatic carbocycles. The highest BCUT2D eigenvalue weighted by molar-refractivity contribution is 5.67. The molecule has 1 aromatic carbocycles. The van der Waals surface area contributed by atoms with Crippen molar-refractivity contribution in [1.82, 2.24) is 4.90 Å². The number of likely N-dealkylation sites (tertiary alicyclic amines) is 1. The number of alkyl halides is 3. The van der Waals surface area contributed by atoms with Crippen molar-refractivity contribution in [1.29, 1.82) is 0 Å². The van der Waals surface area contributed by atoms with Gasteiger partial charge in [0.2, 0.25) is 0 Å². The SMILES string of the molecule is C#CC(C)(C)C.CC(C)CCN1CC[C@@H](CC(=O)O)C[C@H]1c1ccc(C(F)(F)F)cc1. The second kappa shape index (κ2) is 11.6. The van der Waals surface area contributed by atoms with Gasteiger partial charge >= 0.3 is 12.1 Å². The van der Waals surface area contributed by atoms with Crippen molar-refractivity contribution < 1.29 is 23.1 Å². The average Bonchev–Trinajstić information content (AvgIpc) is 2.65. The van der Waals surface area contributed by atoms with Gasteiger partial charge in [-0.3, -0.25) is 9.69 Å². The van der Waals surface area contributed by atoms with E-state index in [9.17, 15) is 18.0 Å². The fourth-order valence-electron chi connectivity index (χ4n) is 3.45. The Hall–Kier alpha value is -2.00. The van der Waals surface area contributed by atoms with E-state index in [1.807, 2.05) is 20.8 Å². The van der Waals surface area contributed by atoms with Crippen LogP contribution < -0.4 is 0 Å². The van der Waals surface area contributed by atoms with Crippen molar-refractivity contribution in [2.45, 2.75) is 72.5 Å². The topological polar surface area (TPSA) is 40.5 Å². The Labute approximate surface area is 185 Å². The Balaban J connectivity index is 0.000000703. The van der Waals surface area contributed by atoms with Crippen molar-refractivity contribution in [3.05, 3.63) is 35.4 Å². The number of hydrogen-bond acceptors (Lipinski definition) is 2. The number of hydrogen-bond donors (Lipinski definition) is 1. The standard InChI is InChI=1S/C19H26F3NO2.C6H10/c1-13(2)7-9-23-10-8-14(12-18(24)25)11-17(23)15-3-5-16(6-4-15)19(20,21)22;1-5-6(2,3)4/h3-6,13-14,17H,7-12H2,1-2H3,(H,24,25);1H,2-4H3/t14-,17+;/m1./s1. The summed E-state index contributed by atoms with van der Waals surface area (Å²) in [6, 6.07) is 5.31. The molecule has 1 aliphatic heterocycles. The quantitative estimate of drug-likeness (QED) is 0.505. The van der Waals surface area contributed by atoms with Crippen LogP contribution in [0.4, 0.5) is 13.2 Å². The summed E-state index contributed by atoms with van der Waals surface area (Å²) in [4.78, 5) is 13.3. The van der Waals surface area contributed by atoms with E-state index in [4.69, 9.17) is 11.5 Å². The molecule has 1 fully saturated rings. The van der Waals surface area contributed by atoms with Gasteiger partial charge in [-0.25, -0.2) is 0 Å². The highest BCUT2D eigenvalue weighted by atomic mass is 19.4. The largest absolute Gasteiger partial charge is 0.481 e. The molecule has 2 rings (SSSR count). The first kappa shape index (κ1) is 27.0. The predicted octanol–water partition coefficient (Wildman–Crippen LogP) is 6.65. The number of benzene rings is 1. The summed E-state index contributed by atoms with van der Waals surface area (Å²) in [5.41, 5.74) is 0.259. The third-order valence-electron chi connectivity index (χ3n) is 5.33. The van der Waals surface area contributed by atoms with E-state index in [1.165, 1.54) is 0 Å². The van der Waals surface area contributed by atoms with Crippen molar-refractivity contribution in [3.8, 4) is 12.3 Å². The van der Waals surface area contributed by atoms with E-state index >= 15 is 0 Å². The normalized spacial score (nSPS) is 20.0. The Bertz CT molecular complexity index is 727. The maximum Gasteiger partial charge on any atom is 0.416 e. The molecule has 1 saturated heterocycles. The molecule has 0 spiro atoms. The van der Waals surface area contributed by atoms with Crippen molar-refractivity contribution >= 4 is 5.97 Å². The second-order valence-corrected chi connectivity index (χ2v) is 9.74. The number of nitrogens with zero attached hydrogens (tertiary/aromatic N) is 1. The number of terminal acetylenes is 1. The molecule has 0 radical (unpaired) electrons. The Morgan fingerprint density at radius 3 is 2.19 bits per heavy atom. The van der Waals surface area contributed by atoms with E-state index in [1.54, 1.807) is 12.1 Å². The lowest BCUT2D eigenvalue weighted by Gasteiger charge is -2.40. The van der Waals surface area contributed by atoms with Crippen LogP contribution in [0.1, 0.15) is 77.5 Å². The first-order valence-electron chi connectivity index (χ1n) is 10.8. The first-order valence-corrected chi connectivity index (χ1v) is 10.8. The van der Waals surface area contributed by atoms with Gasteiger partial charge < -0.3 is 5.11 Å². The molecule has 2 atom stereocenters. The fraction of sp³-hybridized carbons (Fsp3) is 0.640. The summed E-state index contributed by atoms with van der Waals surface area (Å²) in [5, 5.41) is 9.05. The number of rotatable bonds is 6. The maximum absolute atomic E-state index is 12.8. The molecule has 31 heavy (non-hydrogen) atoms. The third kappa shape index (κ3) is 10.2. The van der Waals surface area contributed by atoms with Crippen LogP contribution in [-0.2, 0) is 11.0 Å². The maximum atomic E-state index is 12.8. The van der Waals surface area contributed by atoms with Gasteiger partial charge in [0.1, 0.15) is 0 Å². The lowest BCUT2D eigenvalue weighted by molar-refractivity contribution is -0.139. The van der Waals surface area contributed by atoms with Crippen molar-refractivity contribution in [2.75, 3.05) is 13.1 Å². The van der Waals surface area contributed by atoms with Crippen LogP contribution in [0.5, 0.6) is 0 Å². The van der Waals surface area contributed by atoms with Crippen molar-refractivity contribution in [2.24, 2.45) is 17.3 Å². The molecular formula is C25H36F3NO2. The number of piperidine rings is 1. The van der Waals surface area contributed by atoms with Gasteiger partial charge in [-0.05, 0) is 82.7 Å². The van der Waals surface area contributed by atoms with Crippen LogP contribution in [-0.4, -0.2) is 29.1 Å².